The maximum Gasteiger partial charge on any atom is 0.313 e. The molecule has 0 radical (unpaired) electrons. The predicted molar refractivity (Wildman–Crippen MR) is 159 cm³/mol. The van der Waals surface area contributed by atoms with Crippen LogP contribution < -0.4 is 4.74 Å². The van der Waals surface area contributed by atoms with Crippen molar-refractivity contribution in [2.75, 3.05) is 26.2 Å². The van der Waals surface area contributed by atoms with Crippen molar-refractivity contribution in [2.45, 2.75) is 47.1 Å². The average Bonchev–Trinajstić information content (AvgIpc) is 3.20. The molecule has 2 aromatic carbocycles. The molecule has 0 fully saturated rings. The van der Waals surface area contributed by atoms with Crippen LogP contribution in [0.5, 0.6) is 5.75 Å². The van der Waals surface area contributed by atoms with Crippen LogP contribution in [0.3, 0.4) is 0 Å². The zero-order chi connectivity index (χ0) is 26.4. The molecule has 0 unspecified atom stereocenters. The van der Waals surface area contributed by atoms with Gasteiger partial charge < -0.3 is 18.8 Å². The van der Waals surface area contributed by atoms with Gasteiger partial charge in [0.2, 0.25) is 0 Å². The summed E-state index contributed by atoms with van der Waals surface area (Å²) in [6, 6.07) is 11.0. The Labute approximate surface area is 240 Å². The normalized spacial score (nSPS) is 12.4. The van der Waals surface area contributed by atoms with Crippen LogP contribution in [0, 0.1) is 13.1 Å². The largest absolute Gasteiger partial charge is 0.490 e. The third kappa shape index (κ3) is 7.00. The zero-order valence-corrected chi connectivity index (χ0v) is 25.7. The van der Waals surface area contributed by atoms with E-state index < -0.39 is 5.97 Å². The number of carbonyl (C=O) groups excluding carboxylic acids is 2. The van der Waals surface area contributed by atoms with Crippen LogP contribution in [0.15, 0.2) is 40.8 Å². The van der Waals surface area contributed by atoms with E-state index in [-0.39, 0.29) is 24.2 Å². The number of hydrogen-bond acceptors (Lipinski definition) is 6. The van der Waals surface area contributed by atoms with Gasteiger partial charge in [-0.05, 0) is 89.3 Å². The summed E-state index contributed by atoms with van der Waals surface area (Å²) in [5.74, 6) is 0.702. The van der Waals surface area contributed by atoms with Gasteiger partial charge in [-0.25, -0.2) is 0 Å². The lowest BCUT2D eigenvalue weighted by molar-refractivity contribution is -0.149. The molecule has 1 aromatic heterocycles. The van der Waals surface area contributed by atoms with Crippen LogP contribution in [0.2, 0.25) is 0 Å². The SMILES string of the molecule is CCN(CC)CCOc1c(I)cc(C(=O)c2c(CC(=O)O[C@@H](C)C(C)C)oc3ccccc23)cc1I. The summed E-state index contributed by atoms with van der Waals surface area (Å²) in [6.07, 6.45) is -0.327. The fourth-order valence-corrected chi connectivity index (χ4v) is 5.86. The van der Waals surface area contributed by atoms with E-state index in [0.29, 0.717) is 34.5 Å². The van der Waals surface area contributed by atoms with Crippen LogP contribution in [0.4, 0.5) is 0 Å². The Morgan fingerprint density at radius 1 is 1.03 bits per heavy atom. The topological polar surface area (TPSA) is 69.0 Å². The number of rotatable bonds is 12. The van der Waals surface area contributed by atoms with Gasteiger partial charge in [-0.1, -0.05) is 45.9 Å². The molecule has 0 bridgehead atoms. The molecule has 0 amide bonds. The minimum Gasteiger partial charge on any atom is -0.490 e. The number of hydrogen-bond donors (Lipinski definition) is 0. The average molecular weight is 717 g/mol. The Balaban J connectivity index is 1.89. The molecule has 0 aliphatic rings. The van der Waals surface area contributed by atoms with Crippen molar-refractivity contribution in [3.63, 3.8) is 0 Å². The van der Waals surface area contributed by atoms with Gasteiger partial charge in [-0.2, -0.15) is 0 Å². The second-order valence-electron chi connectivity index (χ2n) is 8.99. The van der Waals surface area contributed by atoms with E-state index in [0.717, 1.165) is 32.5 Å². The smallest absolute Gasteiger partial charge is 0.313 e. The van der Waals surface area contributed by atoms with Crippen molar-refractivity contribution in [2.24, 2.45) is 5.92 Å². The summed E-state index contributed by atoms with van der Waals surface area (Å²) in [5, 5.41) is 0.687. The van der Waals surface area contributed by atoms with Gasteiger partial charge in [0.1, 0.15) is 36.2 Å². The van der Waals surface area contributed by atoms with Crippen molar-refractivity contribution in [3.05, 3.63) is 60.4 Å². The monoisotopic (exact) mass is 717 g/mol. The van der Waals surface area contributed by atoms with Crippen molar-refractivity contribution >= 4 is 67.9 Å². The molecule has 3 aromatic rings. The molecule has 1 heterocycles. The molecule has 0 saturated heterocycles. The Bertz CT molecular complexity index is 1190. The number of benzene rings is 2. The standard InChI is InChI=1S/C28H33I2NO5/c1-6-31(7-2)12-13-34-28-21(29)14-19(15-22(28)30)27(33)26-20-10-8-9-11-23(20)36-24(26)16-25(32)35-18(5)17(3)4/h8-11,14-15,17-18H,6-7,12-13,16H2,1-5H3/t18-/m0/s1. The minimum atomic E-state index is -0.412. The number of esters is 1. The number of ether oxygens (including phenoxy) is 2. The lowest BCUT2D eigenvalue weighted by Gasteiger charge is -2.19. The second kappa shape index (κ2) is 13.2. The van der Waals surface area contributed by atoms with E-state index in [1.54, 1.807) is 6.07 Å². The molecule has 8 heteroatoms. The van der Waals surface area contributed by atoms with E-state index in [9.17, 15) is 9.59 Å². The van der Waals surface area contributed by atoms with Crippen molar-refractivity contribution in [1.29, 1.82) is 0 Å². The molecule has 3 rings (SSSR count). The minimum absolute atomic E-state index is 0.104. The van der Waals surface area contributed by atoms with Crippen LogP contribution >= 0.6 is 45.2 Å². The first-order chi connectivity index (χ1) is 17.2. The number of ketones is 1. The van der Waals surface area contributed by atoms with Crippen LogP contribution in [0.1, 0.15) is 56.3 Å². The molecule has 0 N–H and O–H groups in total. The van der Waals surface area contributed by atoms with E-state index in [4.69, 9.17) is 13.9 Å². The number of fused-ring (bicyclic) bond motifs is 1. The number of nitrogens with zero attached hydrogens (tertiary/aromatic N) is 1. The maximum absolute atomic E-state index is 13.8. The lowest BCUT2D eigenvalue weighted by atomic mass is 9.99. The fraction of sp³-hybridized carbons (Fsp3) is 0.429. The summed E-state index contributed by atoms with van der Waals surface area (Å²) in [4.78, 5) is 28.7. The molecule has 0 aliphatic heterocycles. The van der Waals surface area contributed by atoms with Crippen molar-refractivity contribution < 1.29 is 23.5 Å². The predicted octanol–water partition coefficient (Wildman–Crippen LogP) is 6.72. The van der Waals surface area contributed by atoms with Crippen LogP contribution in [-0.4, -0.2) is 49.0 Å². The van der Waals surface area contributed by atoms with E-state index >= 15 is 0 Å². The summed E-state index contributed by atoms with van der Waals surface area (Å²) < 4.78 is 19.3. The maximum atomic E-state index is 13.8. The first kappa shape index (κ1) is 28.9. The molecule has 0 spiro atoms. The quantitative estimate of drug-likeness (QED) is 0.118. The lowest BCUT2D eigenvalue weighted by Crippen LogP contribution is -2.28. The van der Waals surface area contributed by atoms with E-state index in [1.807, 2.05) is 51.1 Å². The summed E-state index contributed by atoms with van der Waals surface area (Å²) in [7, 11) is 0. The molecule has 194 valence electrons. The Morgan fingerprint density at radius 3 is 2.28 bits per heavy atom. The Hall–Kier alpha value is -1.66. The summed E-state index contributed by atoms with van der Waals surface area (Å²) in [6.45, 7) is 13.5. The van der Waals surface area contributed by atoms with Crippen molar-refractivity contribution in [3.8, 4) is 5.75 Å². The second-order valence-corrected chi connectivity index (χ2v) is 11.3. The van der Waals surface area contributed by atoms with Crippen LogP contribution in [-0.2, 0) is 16.0 Å². The zero-order valence-electron chi connectivity index (χ0n) is 21.4. The third-order valence-corrected chi connectivity index (χ3v) is 7.87. The number of furan rings is 1. The van der Waals surface area contributed by atoms with Crippen LogP contribution in [0.25, 0.3) is 11.0 Å². The highest BCUT2D eigenvalue weighted by Crippen LogP contribution is 2.33. The number of halogens is 2. The van der Waals surface area contributed by atoms with Gasteiger partial charge in [0, 0.05) is 17.5 Å². The third-order valence-electron chi connectivity index (χ3n) is 6.27. The number of carbonyl (C=O) groups is 2. The first-order valence-electron chi connectivity index (χ1n) is 12.2. The number of likely N-dealkylation sites (N-methyl/N-ethyl adjacent to an activating group) is 1. The summed E-state index contributed by atoms with van der Waals surface area (Å²) >= 11 is 4.42. The molecule has 6 nitrogen and oxygen atoms in total. The highest BCUT2D eigenvalue weighted by molar-refractivity contribution is 14.1. The van der Waals surface area contributed by atoms with Crippen molar-refractivity contribution in [1.82, 2.24) is 4.90 Å². The molecule has 1 atom stereocenters. The Kier molecular flexibility index (Phi) is 10.6. The van der Waals surface area contributed by atoms with E-state index in [2.05, 4.69) is 63.9 Å². The van der Waals surface area contributed by atoms with Gasteiger partial charge >= 0.3 is 5.97 Å². The fourth-order valence-electron chi connectivity index (χ4n) is 3.78. The highest BCUT2D eigenvalue weighted by Gasteiger charge is 2.26. The number of para-hydroxylation sites is 1. The molecule has 0 saturated carbocycles. The van der Waals surface area contributed by atoms with E-state index in [1.165, 1.54) is 0 Å². The van der Waals surface area contributed by atoms with Gasteiger partial charge in [-0.15, -0.1) is 0 Å². The highest BCUT2D eigenvalue weighted by atomic mass is 127. The molecular weight excluding hydrogens is 684 g/mol. The van der Waals surface area contributed by atoms with Gasteiger partial charge in [-0.3, -0.25) is 9.59 Å². The molecular formula is C28H33I2NO5. The Morgan fingerprint density at radius 2 is 1.67 bits per heavy atom. The van der Waals surface area contributed by atoms with Gasteiger partial charge in [0.15, 0.2) is 5.78 Å². The molecule has 0 aliphatic carbocycles. The molecule has 36 heavy (non-hydrogen) atoms. The summed E-state index contributed by atoms with van der Waals surface area (Å²) in [5.41, 5.74) is 1.50. The first-order valence-corrected chi connectivity index (χ1v) is 14.4. The van der Waals surface area contributed by atoms with Gasteiger partial charge in [0.25, 0.3) is 0 Å². The van der Waals surface area contributed by atoms with Gasteiger partial charge in [0.05, 0.1) is 12.7 Å².